The Morgan fingerprint density at radius 2 is 1.88 bits per heavy atom. The number of rotatable bonds is 3. The summed E-state index contributed by atoms with van der Waals surface area (Å²) in [6.45, 7) is 8.17. The highest BCUT2D eigenvalue weighted by atomic mass is 16.2. The predicted molar refractivity (Wildman–Crippen MR) is 100 cm³/mol. The van der Waals surface area contributed by atoms with Crippen LogP contribution in [0.2, 0.25) is 0 Å². The summed E-state index contributed by atoms with van der Waals surface area (Å²) in [5.41, 5.74) is 3.90. The minimum Gasteiger partial charge on any atom is -0.369 e. The van der Waals surface area contributed by atoms with Gasteiger partial charge in [-0.15, -0.1) is 0 Å². The topological polar surface area (TPSA) is 39.7 Å². The molecular weight excluding hydrogens is 312 g/mol. The van der Waals surface area contributed by atoms with Gasteiger partial charge in [0.1, 0.15) is 5.69 Å². The van der Waals surface area contributed by atoms with Crippen molar-refractivity contribution in [3.8, 4) is 0 Å². The predicted octanol–water partition coefficient (Wildman–Crippen LogP) is 2.43. The van der Waals surface area contributed by atoms with Gasteiger partial charge in [0.15, 0.2) is 0 Å². The number of carbonyl (C=O) groups is 1. The number of nitrogens with zero attached hydrogens (tertiary/aromatic N) is 4. The highest BCUT2D eigenvalue weighted by molar-refractivity contribution is 6.06. The molecule has 0 bridgehead atoms. The number of benzene rings is 1. The molecule has 5 nitrogen and oxygen atoms in total. The van der Waals surface area contributed by atoms with Crippen molar-refractivity contribution in [3.05, 3.63) is 53.9 Å². The first kappa shape index (κ1) is 16.1. The molecule has 5 heteroatoms. The first-order valence-corrected chi connectivity index (χ1v) is 9.09. The smallest absolute Gasteiger partial charge is 0.276 e. The minimum absolute atomic E-state index is 0.000931. The summed E-state index contributed by atoms with van der Waals surface area (Å²) in [4.78, 5) is 24.0. The minimum atomic E-state index is -0.000931. The zero-order valence-electron chi connectivity index (χ0n) is 14.7. The molecule has 0 atom stereocenters. The molecule has 2 aliphatic heterocycles. The molecule has 4 rings (SSSR count). The summed E-state index contributed by atoms with van der Waals surface area (Å²) >= 11 is 0. The molecule has 0 unspecified atom stereocenters. The normalized spacial score (nSPS) is 17.6. The first-order valence-electron chi connectivity index (χ1n) is 9.09. The van der Waals surface area contributed by atoms with E-state index in [1.165, 1.54) is 5.56 Å². The van der Waals surface area contributed by atoms with Gasteiger partial charge in [0, 0.05) is 50.3 Å². The highest BCUT2D eigenvalue weighted by Crippen LogP contribution is 2.29. The van der Waals surface area contributed by atoms with E-state index in [2.05, 4.69) is 27.8 Å². The number of fused-ring (bicyclic) bond motifs is 1. The van der Waals surface area contributed by atoms with E-state index in [4.69, 9.17) is 0 Å². The fourth-order valence-electron chi connectivity index (χ4n) is 3.74. The Labute approximate surface area is 148 Å². The van der Waals surface area contributed by atoms with E-state index in [9.17, 15) is 4.79 Å². The van der Waals surface area contributed by atoms with Crippen LogP contribution in [0.1, 0.15) is 23.0 Å². The molecule has 0 N–H and O–H groups in total. The lowest BCUT2D eigenvalue weighted by Gasteiger charge is -2.35. The number of anilines is 2. The van der Waals surface area contributed by atoms with E-state index < -0.39 is 0 Å². The lowest BCUT2D eigenvalue weighted by atomic mass is 10.2. The third-order valence-electron chi connectivity index (χ3n) is 5.28. The Kier molecular flexibility index (Phi) is 4.40. The van der Waals surface area contributed by atoms with Crippen molar-refractivity contribution in [1.82, 2.24) is 9.88 Å². The van der Waals surface area contributed by atoms with Crippen LogP contribution in [0.15, 0.2) is 42.6 Å². The van der Waals surface area contributed by atoms with Crippen LogP contribution in [0.3, 0.4) is 0 Å². The Bertz CT molecular complexity index is 768. The molecule has 0 spiro atoms. The van der Waals surface area contributed by atoms with Crippen molar-refractivity contribution in [2.45, 2.75) is 13.3 Å². The first-order chi connectivity index (χ1) is 12.3. The molecule has 1 aromatic heterocycles. The molecule has 130 valence electrons. The van der Waals surface area contributed by atoms with Crippen LogP contribution in [-0.4, -0.2) is 55.1 Å². The summed E-state index contributed by atoms with van der Waals surface area (Å²) in [6, 6.07) is 12.1. The van der Waals surface area contributed by atoms with Gasteiger partial charge in [-0.2, -0.15) is 0 Å². The van der Waals surface area contributed by atoms with Gasteiger partial charge in [-0.1, -0.05) is 25.1 Å². The van der Waals surface area contributed by atoms with Gasteiger partial charge in [0.2, 0.25) is 0 Å². The maximum absolute atomic E-state index is 13.0. The lowest BCUT2D eigenvalue weighted by molar-refractivity contribution is 0.0984. The van der Waals surface area contributed by atoms with E-state index in [1.807, 2.05) is 35.2 Å². The van der Waals surface area contributed by atoms with Gasteiger partial charge < -0.3 is 14.7 Å². The Hall–Kier alpha value is -2.40. The second-order valence-electron chi connectivity index (χ2n) is 6.66. The fraction of sp³-hybridized carbons (Fsp3) is 0.400. The molecule has 3 heterocycles. The number of carbonyl (C=O) groups excluding carboxylic acids is 1. The zero-order chi connectivity index (χ0) is 17.2. The number of aromatic nitrogens is 1. The van der Waals surface area contributed by atoms with E-state index in [1.54, 1.807) is 6.20 Å². The molecular formula is C20H24N4O. The van der Waals surface area contributed by atoms with Crippen molar-refractivity contribution < 1.29 is 4.79 Å². The van der Waals surface area contributed by atoms with Crippen LogP contribution >= 0.6 is 0 Å². The van der Waals surface area contributed by atoms with Crippen LogP contribution in [-0.2, 0) is 6.42 Å². The number of pyridine rings is 1. The van der Waals surface area contributed by atoms with E-state index in [0.717, 1.165) is 57.1 Å². The average molecular weight is 336 g/mol. The van der Waals surface area contributed by atoms with E-state index >= 15 is 0 Å². The number of piperazine rings is 1. The molecule has 25 heavy (non-hydrogen) atoms. The molecule has 1 aromatic carbocycles. The molecule has 1 saturated heterocycles. The van der Waals surface area contributed by atoms with Crippen molar-refractivity contribution in [2.24, 2.45) is 0 Å². The number of hydrogen-bond acceptors (Lipinski definition) is 4. The molecule has 2 aromatic rings. The Morgan fingerprint density at radius 3 is 2.68 bits per heavy atom. The maximum Gasteiger partial charge on any atom is 0.276 e. The third kappa shape index (κ3) is 3.12. The molecule has 1 amide bonds. The monoisotopic (exact) mass is 336 g/mol. The second-order valence-corrected chi connectivity index (χ2v) is 6.66. The second kappa shape index (κ2) is 6.84. The van der Waals surface area contributed by atoms with Crippen molar-refractivity contribution in [2.75, 3.05) is 49.1 Å². The largest absolute Gasteiger partial charge is 0.369 e. The number of hydrogen-bond donors (Lipinski definition) is 0. The Morgan fingerprint density at radius 1 is 1.08 bits per heavy atom. The lowest BCUT2D eigenvalue weighted by Crippen LogP contribution is -2.46. The van der Waals surface area contributed by atoms with Crippen LogP contribution in [0.4, 0.5) is 11.4 Å². The zero-order valence-corrected chi connectivity index (χ0v) is 14.7. The fourth-order valence-corrected chi connectivity index (χ4v) is 3.74. The maximum atomic E-state index is 13.0. The van der Waals surface area contributed by atoms with Crippen LogP contribution in [0.25, 0.3) is 0 Å². The van der Waals surface area contributed by atoms with Gasteiger partial charge in [0.05, 0.1) is 0 Å². The molecule has 0 aliphatic carbocycles. The number of likely N-dealkylation sites (N-methyl/N-ethyl adjacent to an activating group) is 1. The van der Waals surface area contributed by atoms with Gasteiger partial charge in [0.25, 0.3) is 5.91 Å². The Balaban J connectivity index is 1.53. The number of amides is 1. The van der Waals surface area contributed by atoms with Gasteiger partial charge in [-0.05, 0) is 36.7 Å². The van der Waals surface area contributed by atoms with Crippen LogP contribution in [0.5, 0.6) is 0 Å². The van der Waals surface area contributed by atoms with E-state index in [0.29, 0.717) is 5.69 Å². The van der Waals surface area contributed by atoms with Gasteiger partial charge >= 0.3 is 0 Å². The average Bonchev–Trinajstić information content (AvgIpc) is 3.12. The standard InChI is InChI=1S/C20H24N4O/c1-2-22-11-13-23(14-12-22)17-7-9-21-18(15-17)20(25)24-10-8-16-5-3-4-6-19(16)24/h3-7,9,15H,2,8,10-14H2,1H3. The van der Waals surface area contributed by atoms with Crippen LogP contribution < -0.4 is 9.80 Å². The SMILES string of the molecule is CCN1CCN(c2ccnc(C(=O)N3CCc4ccccc43)c2)CC1. The van der Waals surface area contributed by atoms with Crippen molar-refractivity contribution in [3.63, 3.8) is 0 Å². The summed E-state index contributed by atoms with van der Waals surface area (Å²) < 4.78 is 0. The summed E-state index contributed by atoms with van der Waals surface area (Å²) in [6.07, 6.45) is 2.68. The number of para-hydroxylation sites is 1. The third-order valence-corrected chi connectivity index (χ3v) is 5.28. The van der Waals surface area contributed by atoms with Crippen molar-refractivity contribution >= 4 is 17.3 Å². The van der Waals surface area contributed by atoms with Crippen molar-refractivity contribution in [1.29, 1.82) is 0 Å². The van der Waals surface area contributed by atoms with Crippen LogP contribution in [0, 0.1) is 0 Å². The van der Waals surface area contributed by atoms with E-state index in [-0.39, 0.29) is 5.91 Å². The summed E-state index contributed by atoms with van der Waals surface area (Å²) in [5, 5.41) is 0. The summed E-state index contributed by atoms with van der Waals surface area (Å²) in [5.74, 6) is -0.000931. The molecule has 1 fully saturated rings. The molecule has 0 saturated carbocycles. The molecule has 0 radical (unpaired) electrons. The summed E-state index contributed by atoms with van der Waals surface area (Å²) in [7, 11) is 0. The highest BCUT2D eigenvalue weighted by Gasteiger charge is 2.26. The van der Waals surface area contributed by atoms with Gasteiger partial charge in [-0.3, -0.25) is 9.78 Å². The quantitative estimate of drug-likeness (QED) is 0.863. The molecule has 2 aliphatic rings. The van der Waals surface area contributed by atoms with Gasteiger partial charge in [-0.25, -0.2) is 0 Å².